The number of nitrogens with one attached hydrogen (secondary N) is 1. The molecule has 10 heteroatoms. The quantitative estimate of drug-likeness (QED) is 0.501. The second-order valence-corrected chi connectivity index (χ2v) is 10.7. The van der Waals surface area contributed by atoms with Gasteiger partial charge in [-0.15, -0.1) is 0 Å². The number of nitrogens with zero attached hydrogens (tertiary/aromatic N) is 2. The summed E-state index contributed by atoms with van der Waals surface area (Å²) in [7, 11) is -1.03. The van der Waals surface area contributed by atoms with Crippen LogP contribution in [-0.4, -0.2) is 62.2 Å². The molecule has 2 aromatic carbocycles. The topological polar surface area (TPSA) is 96.0 Å². The molecule has 0 heterocycles. The zero-order valence-corrected chi connectivity index (χ0v) is 21.7. The Kier molecular flexibility index (Phi) is 9.90. The maximum atomic E-state index is 13.4. The van der Waals surface area contributed by atoms with Crippen LogP contribution in [0.3, 0.4) is 0 Å². The maximum absolute atomic E-state index is 13.4. The Morgan fingerprint density at radius 3 is 2.15 bits per heavy atom. The van der Waals surface area contributed by atoms with Crippen LogP contribution in [0.5, 0.6) is 5.75 Å². The summed E-state index contributed by atoms with van der Waals surface area (Å²) in [5.41, 5.74) is 0.785. The van der Waals surface area contributed by atoms with E-state index in [1.165, 1.54) is 36.2 Å². The van der Waals surface area contributed by atoms with Crippen molar-refractivity contribution in [2.24, 2.45) is 0 Å². The highest BCUT2D eigenvalue weighted by Gasteiger charge is 2.32. The van der Waals surface area contributed by atoms with Crippen LogP contribution in [0.15, 0.2) is 53.4 Å². The molecule has 0 fully saturated rings. The van der Waals surface area contributed by atoms with Gasteiger partial charge in [0.2, 0.25) is 21.8 Å². The Balaban J connectivity index is 2.32. The Morgan fingerprint density at radius 2 is 1.65 bits per heavy atom. The number of methoxy groups -OCH3 is 1. The molecule has 1 atom stereocenters. The van der Waals surface area contributed by atoms with Gasteiger partial charge in [-0.25, -0.2) is 8.42 Å². The number of ether oxygens (including phenoxy) is 1. The van der Waals surface area contributed by atoms with Crippen LogP contribution in [0.1, 0.15) is 32.8 Å². The summed E-state index contributed by atoms with van der Waals surface area (Å²) >= 11 is 5.86. The minimum atomic E-state index is -3.93. The second-order valence-electron chi connectivity index (χ2n) is 8.17. The predicted molar refractivity (Wildman–Crippen MR) is 132 cm³/mol. The van der Waals surface area contributed by atoms with Crippen LogP contribution in [0.25, 0.3) is 0 Å². The van der Waals surface area contributed by atoms with Gasteiger partial charge in [-0.05, 0) is 62.2 Å². The third-order valence-electron chi connectivity index (χ3n) is 5.21. The van der Waals surface area contributed by atoms with Gasteiger partial charge in [0, 0.05) is 24.7 Å². The molecule has 1 unspecified atom stereocenters. The number of carbonyl (C=O) groups excluding carboxylic acids is 2. The lowest BCUT2D eigenvalue weighted by Crippen LogP contribution is -2.52. The summed E-state index contributed by atoms with van der Waals surface area (Å²) in [5, 5.41) is 3.26. The number of rotatable bonds is 11. The monoisotopic (exact) mass is 509 g/mol. The van der Waals surface area contributed by atoms with Crippen molar-refractivity contribution in [2.75, 3.05) is 20.7 Å². The molecule has 34 heavy (non-hydrogen) atoms. The van der Waals surface area contributed by atoms with Crippen molar-refractivity contribution in [3.05, 3.63) is 59.1 Å². The SMILES string of the molecule is CCC(C(=O)NC(C)C)N(Cc1ccc(OC)cc1)C(=O)CN(C)S(=O)(=O)c1ccc(Cl)cc1. The first-order valence-corrected chi connectivity index (χ1v) is 12.8. The fraction of sp³-hybridized carbons (Fsp3) is 0.417. The molecular formula is C24H32ClN3O5S. The van der Waals surface area contributed by atoms with Crippen LogP contribution in [0, 0.1) is 0 Å². The van der Waals surface area contributed by atoms with Crippen molar-refractivity contribution < 1.29 is 22.7 Å². The van der Waals surface area contributed by atoms with Crippen molar-refractivity contribution >= 4 is 33.4 Å². The first-order chi connectivity index (χ1) is 16.0. The van der Waals surface area contributed by atoms with Crippen molar-refractivity contribution in [3.63, 3.8) is 0 Å². The van der Waals surface area contributed by atoms with Crippen LogP contribution >= 0.6 is 11.6 Å². The Bertz CT molecular complexity index is 1070. The molecule has 0 bridgehead atoms. The molecule has 2 rings (SSSR count). The molecule has 0 aliphatic carbocycles. The number of carbonyl (C=O) groups is 2. The van der Waals surface area contributed by atoms with Gasteiger partial charge in [0.15, 0.2) is 0 Å². The molecule has 0 saturated heterocycles. The lowest BCUT2D eigenvalue weighted by atomic mass is 10.1. The smallest absolute Gasteiger partial charge is 0.243 e. The van der Waals surface area contributed by atoms with Gasteiger partial charge in [-0.2, -0.15) is 4.31 Å². The number of hydrogen-bond donors (Lipinski definition) is 1. The van der Waals surface area contributed by atoms with Crippen molar-refractivity contribution in [1.82, 2.24) is 14.5 Å². The summed E-state index contributed by atoms with van der Waals surface area (Å²) < 4.78 is 32.1. The predicted octanol–water partition coefficient (Wildman–Crippen LogP) is 3.30. The molecule has 1 N–H and O–H groups in total. The Hall–Kier alpha value is -2.62. The van der Waals surface area contributed by atoms with E-state index in [9.17, 15) is 18.0 Å². The van der Waals surface area contributed by atoms with E-state index in [-0.39, 0.29) is 23.4 Å². The van der Waals surface area contributed by atoms with E-state index in [1.54, 1.807) is 31.4 Å². The van der Waals surface area contributed by atoms with Gasteiger partial charge in [0.1, 0.15) is 11.8 Å². The fourth-order valence-electron chi connectivity index (χ4n) is 3.38. The summed E-state index contributed by atoms with van der Waals surface area (Å²) in [5.74, 6) is -0.107. The first kappa shape index (κ1) is 27.6. The number of likely N-dealkylation sites (N-methyl/N-ethyl adjacent to an activating group) is 1. The van der Waals surface area contributed by atoms with Crippen LogP contribution < -0.4 is 10.1 Å². The molecule has 186 valence electrons. The number of sulfonamides is 1. The molecule has 2 aromatic rings. The molecule has 0 spiro atoms. The highest BCUT2D eigenvalue weighted by atomic mass is 35.5. The lowest BCUT2D eigenvalue weighted by Gasteiger charge is -2.32. The van der Waals surface area contributed by atoms with E-state index in [0.29, 0.717) is 17.2 Å². The fourth-order valence-corrected chi connectivity index (χ4v) is 4.63. The molecule has 0 aliphatic heterocycles. The third-order valence-corrected chi connectivity index (χ3v) is 7.28. The summed E-state index contributed by atoms with van der Waals surface area (Å²) in [6.07, 6.45) is 0.369. The number of hydrogen-bond acceptors (Lipinski definition) is 5. The van der Waals surface area contributed by atoms with Gasteiger partial charge < -0.3 is 15.0 Å². The first-order valence-electron chi connectivity index (χ1n) is 10.9. The molecule has 0 radical (unpaired) electrons. The van der Waals surface area contributed by atoms with Gasteiger partial charge in [0.05, 0.1) is 18.6 Å². The zero-order chi connectivity index (χ0) is 25.5. The molecule has 0 aliphatic rings. The van der Waals surface area contributed by atoms with E-state index >= 15 is 0 Å². The van der Waals surface area contributed by atoms with Crippen LogP contribution in [-0.2, 0) is 26.2 Å². The normalized spacial score (nSPS) is 12.5. The zero-order valence-electron chi connectivity index (χ0n) is 20.1. The van der Waals surface area contributed by atoms with Crippen molar-refractivity contribution in [1.29, 1.82) is 0 Å². The van der Waals surface area contributed by atoms with E-state index < -0.39 is 28.5 Å². The molecule has 0 aromatic heterocycles. The van der Waals surface area contributed by atoms with Crippen LogP contribution in [0.2, 0.25) is 5.02 Å². The molecule has 0 saturated carbocycles. The molecule has 8 nitrogen and oxygen atoms in total. The maximum Gasteiger partial charge on any atom is 0.243 e. The summed E-state index contributed by atoms with van der Waals surface area (Å²) in [6.45, 7) is 5.21. The van der Waals surface area contributed by atoms with E-state index in [2.05, 4.69) is 5.32 Å². The largest absolute Gasteiger partial charge is 0.497 e. The van der Waals surface area contributed by atoms with Crippen molar-refractivity contribution in [3.8, 4) is 5.75 Å². The number of benzene rings is 2. The van der Waals surface area contributed by atoms with E-state index in [0.717, 1.165) is 9.87 Å². The number of amides is 2. The van der Waals surface area contributed by atoms with Gasteiger partial charge >= 0.3 is 0 Å². The van der Waals surface area contributed by atoms with Gasteiger partial charge in [0.25, 0.3) is 0 Å². The van der Waals surface area contributed by atoms with Crippen LogP contribution in [0.4, 0.5) is 0 Å². The van der Waals surface area contributed by atoms with Gasteiger partial charge in [-0.1, -0.05) is 30.7 Å². The van der Waals surface area contributed by atoms with Gasteiger partial charge in [-0.3, -0.25) is 9.59 Å². The molecular weight excluding hydrogens is 478 g/mol. The molecule has 2 amide bonds. The number of halogens is 1. The average Bonchev–Trinajstić information content (AvgIpc) is 2.79. The summed E-state index contributed by atoms with van der Waals surface area (Å²) in [4.78, 5) is 27.7. The van der Waals surface area contributed by atoms with E-state index in [1.807, 2.05) is 20.8 Å². The Labute approximate surface area is 206 Å². The van der Waals surface area contributed by atoms with E-state index in [4.69, 9.17) is 16.3 Å². The minimum absolute atomic E-state index is 0.0264. The third kappa shape index (κ3) is 7.19. The highest BCUT2D eigenvalue weighted by molar-refractivity contribution is 7.89. The van der Waals surface area contributed by atoms with Crippen molar-refractivity contribution in [2.45, 2.75) is 50.7 Å². The average molecular weight is 510 g/mol. The minimum Gasteiger partial charge on any atom is -0.497 e. The highest BCUT2D eigenvalue weighted by Crippen LogP contribution is 2.20. The standard InChI is InChI=1S/C24H32ClN3O5S/c1-6-22(24(30)26-17(2)3)28(15-18-7-11-20(33-5)12-8-18)23(29)16-27(4)34(31,32)21-13-9-19(25)10-14-21/h7-14,17,22H,6,15-16H2,1-5H3,(H,26,30). The Morgan fingerprint density at radius 1 is 1.06 bits per heavy atom. The lowest BCUT2D eigenvalue weighted by molar-refractivity contribution is -0.141. The summed E-state index contributed by atoms with van der Waals surface area (Å²) in [6, 6.07) is 12.0. The second kappa shape index (κ2) is 12.2.